The second kappa shape index (κ2) is 8.58. The Labute approximate surface area is 132 Å². The molecule has 0 fully saturated rings. The Morgan fingerprint density at radius 2 is 1.48 bits per heavy atom. The van der Waals surface area contributed by atoms with Gasteiger partial charge in [-0.2, -0.15) is 0 Å². The highest BCUT2D eigenvalue weighted by Gasteiger charge is 2.22. The first kappa shape index (κ1) is 18.2. The highest BCUT2D eigenvalue weighted by molar-refractivity contribution is 5.30. The molecule has 0 aliphatic rings. The maximum atomic E-state index is 3.56. The Bertz CT molecular complexity index is 385. The molecular formula is C20H35N. The van der Waals surface area contributed by atoms with E-state index in [1.165, 1.54) is 43.2 Å². The standard InChI is InChI=1S/C20H35N/c1-7-10-16(11-8-2)19(21-6)17-12-14-18(15-13-17)20(4,5)9-3/h12-16,19,21H,7-11H2,1-6H3. The van der Waals surface area contributed by atoms with E-state index in [1.54, 1.807) is 0 Å². The number of hydrogen-bond acceptors (Lipinski definition) is 1. The van der Waals surface area contributed by atoms with Crippen molar-refractivity contribution in [1.82, 2.24) is 5.32 Å². The molecule has 120 valence electrons. The summed E-state index contributed by atoms with van der Waals surface area (Å²) in [5, 5.41) is 3.56. The van der Waals surface area contributed by atoms with Gasteiger partial charge in [-0.05, 0) is 48.8 Å². The number of hydrogen-bond donors (Lipinski definition) is 1. The second-order valence-corrected chi connectivity index (χ2v) is 6.96. The van der Waals surface area contributed by atoms with Crippen LogP contribution in [0.25, 0.3) is 0 Å². The Balaban J connectivity index is 2.95. The van der Waals surface area contributed by atoms with Gasteiger partial charge in [-0.25, -0.2) is 0 Å². The maximum absolute atomic E-state index is 3.56. The summed E-state index contributed by atoms with van der Waals surface area (Å²) in [5.41, 5.74) is 3.17. The topological polar surface area (TPSA) is 12.0 Å². The first-order valence-electron chi connectivity index (χ1n) is 8.77. The van der Waals surface area contributed by atoms with E-state index in [0.29, 0.717) is 6.04 Å². The first-order chi connectivity index (χ1) is 10.00. The van der Waals surface area contributed by atoms with Crippen LogP contribution in [0.2, 0.25) is 0 Å². The van der Waals surface area contributed by atoms with E-state index in [4.69, 9.17) is 0 Å². The Morgan fingerprint density at radius 3 is 1.86 bits per heavy atom. The molecule has 1 aromatic carbocycles. The van der Waals surface area contributed by atoms with Gasteiger partial charge in [0, 0.05) is 6.04 Å². The van der Waals surface area contributed by atoms with Crippen molar-refractivity contribution < 1.29 is 0 Å². The summed E-state index contributed by atoms with van der Waals surface area (Å²) in [6, 6.07) is 9.83. The number of benzene rings is 1. The minimum Gasteiger partial charge on any atom is -0.313 e. The van der Waals surface area contributed by atoms with E-state index in [9.17, 15) is 0 Å². The molecular weight excluding hydrogens is 254 g/mol. The smallest absolute Gasteiger partial charge is 0.0346 e. The molecule has 0 aromatic heterocycles. The predicted molar refractivity (Wildman–Crippen MR) is 94.9 cm³/mol. The molecule has 0 amide bonds. The molecule has 1 aromatic rings. The molecule has 0 aliphatic carbocycles. The van der Waals surface area contributed by atoms with Gasteiger partial charge in [-0.1, -0.05) is 71.7 Å². The third-order valence-electron chi connectivity index (χ3n) is 5.04. The molecule has 0 saturated heterocycles. The van der Waals surface area contributed by atoms with Gasteiger partial charge in [0.2, 0.25) is 0 Å². The maximum Gasteiger partial charge on any atom is 0.0346 e. The van der Waals surface area contributed by atoms with E-state index in [2.05, 4.69) is 71.2 Å². The van der Waals surface area contributed by atoms with Crippen LogP contribution in [0.4, 0.5) is 0 Å². The van der Waals surface area contributed by atoms with Gasteiger partial charge in [0.15, 0.2) is 0 Å². The quantitative estimate of drug-likeness (QED) is 0.601. The highest BCUT2D eigenvalue weighted by Crippen LogP contribution is 2.32. The molecule has 1 heteroatoms. The molecule has 21 heavy (non-hydrogen) atoms. The third-order valence-corrected chi connectivity index (χ3v) is 5.04. The average molecular weight is 290 g/mol. The number of nitrogens with one attached hydrogen (secondary N) is 1. The molecule has 0 bridgehead atoms. The van der Waals surface area contributed by atoms with Gasteiger partial charge in [0.1, 0.15) is 0 Å². The van der Waals surface area contributed by atoms with Gasteiger partial charge in [0.25, 0.3) is 0 Å². The van der Waals surface area contributed by atoms with Crippen LogP contribution in [-0.4, -0.2) is 7.05 Å². The molecule has 1 rings (SSSR count). The molecule has 1 atom stereocenters. The first-order valence-corrected chi connectivity index (χ1v) is 8.77. The lowest BCUT2D eigenvalue weighted by atomic mass is 9.80. The van der Waals surface area contributed by atoms with Gasteiger partial charge in [0.05, 0.1) is 0 Å². The molecule has 1 N–H and O–H groups in total. The van der Waals surface area contributed by atoms with Gasteiger partial charge >= 0.3 is 0 Å². The Kier molecular flexibility index (Phi) is 7.45. The minimum absolute atomic E-state index is 0.278. The van der Waals surface area contributed by atoms with Crippen molar-refractivity contribution in [3.8, 4) is 0 Å². The van der Waals surface area contributed by atoms with Crippen LogP contribution in [0.5, 0.6) is 0 Å². The van der Waals surface area contributed by atoms with Crippen molar-refractivity contribution in [2.75, 3.05) is 7.05 Å². The molecule has 0 radical (unpaired) electrons. The van der Waals surface area contributed by atoms with Gasteiger partial charge < -0.3 is 5.32 Å². The lowest BCUT2D eigenvalue weighted by molar-refractivity contribution is 0.331. The monoisotopic (exact) mass is 289 g/mol. The van der Waals surface area contributed by atoms with Crippen LogP contribution in [0.15, 0.2) is 24.3 Å². The predicted octanol–water partition coefficient (Wildman–Crippen LogP) is 5.85. The molecule has 0 saturated carbocycles. The fraction of sp³-hybridized carbons (Fsp3) is 0.700. The highest BCUT2D eigenvalue weighted by atomic mass is 14.9. The zero-order valence-corrected chi connectivity index (χ0v) is 15.0. The van der Waals surface area contributed by atoms with Crippen LogP contribution in [0.3, 0.4) is 0 Å². The number of rotatable bonds is 9. The largest absolute Gasteiger partial charge is 0.313 e. The summed E-state index contributed by atoms with van der Waals surface area (Å²) in [4.78, 5) is 0. The second-order valence-electron chi connectivity index (χ2n) is 6.96. The third kappa shape index (κ3) is 4.85. The average Bonchev–Trinajstić information content (AvgIpc) is 2.49. The van der Waals surface area contributed by atoms with Crippen LogP contribution < -0.4 is 5.32 Å². The van der Waals surface area contributed by atoms with Crippen molar-refractivity contribution in [2.24, 2.45) is 5.92 Å². The molecule has 0 spiro atoms. The van der Waals surface area contributed by atoms with Gasteiger partial charge in [-0.15, -0.1) is 0 Å². The van der Waals surface area contributed by atoms with Crippen molar-refractivity contribution in [1.29, 1.82) is 0 Å². The van der Waals surface area contributed by atoms with E-state index in [1.807, 2.05) is 0 Å². The molecule has 0 aliphatic heterocycles. The van der Waals surface area contributed by atoms with Crippen LogP contribution in [-0.2, 0) is 5.41 Å². The van der Waals surface area contributed by atoms with E-state index < -0.39 is 0 Å². The SMILES string of the molecule is CCCC(CCC)C(NC)c1ccc(C(C)(C)CC)cc1. The van der Waals surface area contributed by atoms with E-state index in [0.717, 1.165) is 5.92 Å². The van der Waals surface area contributed by atoms with Crippen LogP contribution in [0.1, 0.15) is 83.9 Å². The van der Waals surface area contributed by atoms with Crippen molar-refractivity contribution in [3.05, 3.63) is 35.4 Å². The summed E-state index contributed by atoms with van der Waals surface area (Å²) < 4.78 is 0. The van der Waals surface area contributed by atoms with Gasteiger partial charge in [-0.3, -0.25) is 0 Å². The van der Waals surface area contributed by atoms with Crippen LogP contribution in [0, 0.1) is 5.92 Å². The summed E-state index contributed by atoms with van der Waals surface area (Å²) in [6.45, 7) is 11.5. The lowest BCUT2D eigenvalue weighted by Crippen LogP contribution is -2.25. The zero-order chi connectivity index (χ0) is 15.9. The normalized spacial score (nSPS) is 13.7. The Hall–Kier alpha value is -0.820. The minimum atomic E-state index is 0.278. The van der Waals surface area contributed by atoms with Crippen molar-refractivity contribution in [3.63, 3.8) is 0 Å². The van der Waals surface area contributed by atoms with Crippen LogP contribution >= 0.6 is 0 Å². The molecule has 0 heterocycles. The lowest BCUT2D eigenvalue weighted by Gasteiger charge is -2.28. The fourth-order valence-corrected chi connectivity index (χ4v) is 3.24. The van der Waals surface area contributed by atoms with E-state index in [-0.39, 0.29) is 5.41 Å². The molecule has 1 unspecified atom stereocenters. The van der Waals surface area contributed by atoms with Crippen molar-refractivity contribution in [2.45, 2.75) is 78.2 Å². The summed E-state index contributed by atoms with van der Waals surface area (Å²) in [6.07, 6.45) is 6.33. The Morgan fingerprint density at radius 1 is 0.952 bits per heavy atom. The van der Waals surface area contributed by atoms with E-state index >= 15 is 0 Å². The summed E-state index contributed by atoms with van der Waals surface area (Å²) in [7, 11) is 2.10. The zero-order valence-electron chi connectivity index (χ0n) is 15.0. The van der Waals surface area contributed by atoms with Crippen molar-refractivity contribution >= 4 is 0 Å². The summed E-state index contributed by atoms with van der Waals surface area (Å²) in [5.74, 6) is 0.745. The fourth-order valence-electron chi connectivity index (χ4n) is 3.24. The molecule has 1 nitrogen and oxygen atoms in total. The summed E-state index contributed by atoms with van der Waals surface area (Å²) >= 11 is 0.